The van der Waals surface area contributed by atoms with E-state index in [0.717, 1.165) is 22.1 Å². The van der Waals surface area contributed by atoms with Crippen molar-refractivity contribution in [2.75, 3.05) is 0 Å². The first-order valence-electron chi connectivity index (χ1n) is 18.4. The van der Waals surface area contributed by atoms with E-state index in [2.05, 4.69) is 153 Å². The van der Waals surface area contributed by atoms with E-state index in [1.54, 1.807) is 0 Å². The molecule has 8 aromatic rings. The molecule has 1 saturated carbocycles. The van der Waals surface area contributed by atoms with Crippen LogP contribution in [0.2, 0.25) is 0 Å². The van der Waals surface area contributed by atoms with Gasteiger partial charge in [-0.2, -0.15) is 0 Å². The molecule has 3 nitrogen and oxygen atoms in total. The number of pyridine rings is 1. The number of fused-ring (bicyclic) bond motifs is 6. The Balaban J connectivity index is 1.15. The monoisotopic (exact) mass is 652 g/mol. The fourth-order valence-corrected chi connectivity index (χ4v) is 10.2. The second-order valence-corrected chi connectivity index (χ2v) is 15.1. The summed E-state index contributed by atoms with van der Waals surface area (Å²) < 4.78 is 8.51. The van der Waals surface area contributed by atoms with Gasteiger partial charge in [0.1, 0.15) is 11.1 Å². The molecule has 0 radical (unpaired) electrons. The van der Waals surface area contributed by atoms with E-state index in [1.807, 2.05) is 18.3 Å². The SMILES string of the molecule is CC(C)C1(c2ccc(-c3ccc4oc5cccnc5c4c3)cc2)CCCC[C@@]1(c1ccc(-n2c3ccccc3c3ccccc32)cc1)C(C)C. The summed E-state index contributed by atoms with van der Waals surface area (Å²) in [5.74, 6) is 0.932. The Labute approximate surface area is 294 Å². The Morgan fingerprint density at radius 3 is 1.72 bits per heavy atom. The van der Waals surface area contributed by atoms with Gasteiger partial charge in [0.05, 0.1) is 11.0 Å². The molecule has 0 spiro atoms. The van der Waals surface area contributed by atoms with Crippen molar-refractivity contribution >= 4 is 43.9 Å². The number of hydrogen-bond acceptors (Lipinski definition) is 2. The van der Waals surface area contributed by atoms with Gasteiger partial charge in [0.25, 0.3) is 0 Å². The van der Waals surface area contributed by atoms with Crippen LogP contribution in [0.5, 0.6) is 0 Å². The molecule has 0 bridgehead atoms. The highest BCUT2D eigenvalue weighted by molar-refractivity contribution is 6.09. The van der Waals surface area contributed by atoms with E-state index in [0.29, 0.717) is 11.8 Å². The van der Waals surface area contributed by atoms with Crippen LogP contribution in [0.4, 0.5) is 0 Å². The first kappa shape index (κ1) is 30.9. The minimum atomic E-state index is 0.000571. The van der Waals surface area contributed by atoms with Crippen molar-refractivity contribution in [1.82, 2.24) is 9.55 Å². The maximum atomic E-state index is 6.07. The van der Waals surface area contributed by atoms with Crippen molar-refractivity contribution in [3.63, 3.8) is 0 Å². The summed E-state index contributed by atoms with van der Waals surface area (Å²) in [6.45, 7) is 9.87. The fourth-order valence-electron chi connectivity index (χ4n) is 10.2. The van der Waals surface area contributed by atoms with Crippen molar-refractivity contribution < 1.29 is 4.42 Å². The molecule has 1 aliphatic rings. The van der Waals surface area contributed by atoms with Crippen molar-refractivity contribution in [1.29, 1.82) is 0 Å². The summed E-state index contributed by atoms with van der Waals surface area (Å²) in [5.41, 5.74) is 11.7. The van der Waals surface area contributed by atoms with Crippen LogP contribution < -0.4 is 0 Å². The van der Waals surface area contributed by atoms with E-state index in [1.165, 1.54) is 75.4 Å². The standard InChI is InChI=1S/C47H44N2O/c1-31(2)46(35-20-17-33(18-21-35)34-19-26-43-40(30-34)45-44(50-43)16-11-29-48-45)27-9-10-28-47(46,32(3)4)36-22-24-37(25-23-36)49-41-14-7-5-12-38(41)39-13-6-8-15-42(39)49/h5-8,11-26,29-32H,9-10,27-28H2,1-4H3/t46?,47-/m0/s1. The number of benzene rings is 5. The summed E-state index contributed by atoms with van der Waals surface area (Å²) in [4.78, 5) is 4.62. The van der Waals surface area contributed by atoms with Crippen LogP contribution in [0.1, 0.15) is 64.5 Å². The molecule has 3 aromatic heterocycles. The second kappa shape index (κ2) is 11.7. The van der Waals surface area contributed by atoms with Crippen molar-refractivity contribution in [2.45, 2.75) is 64.2 Å². The number of furan rings is 1. The first-order chi connectivity index (χ1) is 24.4. The minimum Gasteiger partial charge on any atom is -0.454 e. The van der Waals surface area contributed by atoms with Gasteiger partial charge in [-0.3, -0.25) is 4.98 Å². The summed E-state index contributed by atoms with van der Waals surface area (Å²) in [6.07, 6.45) is 6.73. The van der Waals surface area contributed by atoms with Gasteiger partial charge in [0.2, 0.25) is 0 Å². The molecular weight excluding hydrogens is 609 g/mol. The van der Waals surface area contributed by atoms with Gasteiger partial charge in [0, 0.05) is 38.9 Å². The van der Waals surface area contributed by atoms with Gasteiger partial charge in [-0.05, 0) is 95.5 Å². The molecule has 248 valence electrons. The third-order valence-corrected chi connectivity index (χ3v) is 12.3. The van der Waals surface area contributed by atoms with Crippen LogP contribution >= 0.6 is 0 Å². The fraction of sp³-hybridized carbons (Fsp3) is 0.255. The highest BCUT2D eigenvalue weighted by Gasteiger charge is 2.57. The Morgan fingerprint density at radius 1 is 0.560 bits per heavy atom. The Bertz CT molecular complexity index is 2440. The van der Waals surface area contributed by atoms with E-state index >= 15 is 0 Å². The molecule has 0 amide bonds. The van der Waals surface area contributed by atoms with Gasteiger partial charge in [-0.15, -0.1) is 0 Å². The Kier molecular flexibility index (Phi) is 7.24. The number of hydrogen-bond donors (Lipinski definition) is 0. The zero-order valence-corrected chi connectivity index (χ0v) is 29.5. The summed E-state index contributed by atoms with van der Waals surface area (Å²) >= 11 is 0. The van der Waals surface area contributed by atoms with Crippen LogP contribution in [0.25, 0.3) is 60.7 Å². The molecular formula is C47H44N2O. The quantitative estimate of drug-likeness (QED) is 0.179. The zero-order chi connectivity index (χ0) is 34.0. The lowest BCUT2D eigenvalue weighted by atomic mass is 9.44. The first-order valence-corrected chi connectivity index (χ1v) is 18.4. The maximum absolute atomic E-state index is 6.07. The van der Waals surface area contributed by atoms with Crippen molar-refractivity contribution in [3.8, 4) is 16.8 Å². The van der Waals surface area contributed by atoms with E-state index in [9.17, 15) is 0 Å². The maximum Gasteiger partial charge on any atom is 0.153 e. The van der Waals surface area contributed by atoms with E-state index in [-0.39, 0.29) is 10.8 Å². The minimum absolute atomic E-state index is 0.000571. The van der Waals surface area contributed by atoms with Crippen LogP contribution in [0, 0.1) is 11.8 Å². The molecule has 3 heteroatoms. The number of aromatic nitrogens is 2. The van der Waals surface area contributed by atoms with Crippen molar-refractivity contribution in [3.05, 3.63) is 145 Å². The molecule has 1 unspecified atom stereocenters. The van der Waals surface area contributed by atoms with Gasteiger partial charge in [-0.1, -0.05) is 119 Å². The zero-order valence-electron chi connectivity index (χ0n) is 29.5. The molecule has 1 fully saturated rings. The largest absolute Gasteiger partial charge is 0.454 e. The molecule has 50 heavy (non-hydrogen) atoms. The van der Waals surface area contributed by atoms with Crippen LogP contribution in [0.15, 0.2) is 138 Å². The van der Waals surface area contributed by atoms with Gasteiger partial charge < -0.3 is 8.98 Å². The predicted molar refractivity (Wildman–Crippen MR) is 209 cm³/mol. The number of para-hydroxylation sites is 2. The summed E-state index contributed by atoms with van der Waals surface area (Å²) in [5, 5.41) is 3.67. The molecule has 2 atom stereocenters. The van der Waals surface area contributed by atoms with E-state index < -0.39 is 0 Å². The predicted octanol–water partition coefficient (Wildman–Crippen LogP) is 12.8. The number of nitrogens with zero attached hydrogens (tertiary/aromatic N) is 2. The van der Waals surface area contributed by atoms with Gasteiger partial charge in [-0.25, -0.2) is 0 Å². The second-order valence-electron chi connectivity index (χ2n) is 15.1. The highest BCUT2D eigenvalue weighted by Crippen LogP contribution is 2.61. The molecule has 0 saturated heterocycles. The third-order valence-electron chi connectivity index (χ3n) is 12.3. The normalized spacial score (nSPS) is 19.8. The highest BCUT2D eigenvalue weighted by atomic mass is 16.3. The molecule has 5 aromatic carbocycles. The third kappa shape index (κ3) is 4.38. The average Bonchev–Trinajstić information content (AvgIpc) is 3.70. The van der Waals surface area contributed by atoms with Crippen molar-refractivity contribution in [2.24, 2.45) is 11.8 Å². The molecule has 1 aliphatic carbocycles. The topological polar surface area (TPSA) is 31.0 Å². The lowest BCUT2D eigenvalue weighted by Crippen LogP contribution is -2.57. The molecule has 0 aliphatic heterocycles. The van der Waals surface area contributed by atoms with Crippen LogP contribution in [-0.4, -0.2) is 9.55 Å². The Morgan fingerprint density at radius 2 is 1.12 bits per heavy atom. The molecule has 9 rings (SSSR count). The van der Waals surface area contributed by atoms with Crippen LogP contribution in [0.3, 0.4) is 0 Å². The lowest BCUT2D eigenvalue weighted by molar-refractivity contribution is 0.0473. The average molecular weight is 653 g/mol. The van der Waals surface area contributed by atoms with E-state index in [4.69, 9.17) is 4.42 Å². The van der Waals surface area contributed by atoms with Crippen LogP contribution in [-0.2, 0) is 10.8 Å². The molecule has 0 N–H and O–H groups in total. The van der Waals surface area contributed by atoms with Gasteiger partial charge in [0.15, 0.2) is 5.58 Å². The smallest absolute Gasteiger partial charge is 0.153 e. The Hall–Kier alpha value is -5.15. The lowest BCUT2D eigenvalue weighted by Gasteiger charge is -2.59. The summed E-state index contributed by atoms with van der Waals surface area (Å²) in [7, 11) is 0. The summed E-state index contributed by atoms with van der Waals surface area (Å²) in [6, 6.07) is 47.3. The van der Waals surface area contributed by atoms with Gasteiger partial charge >= 0.3 is 0 Å². The number of rotatable bonds is 6. The molecule has 3 heterocycles.